The molecule has 0 aliphatic heterocycles. The van der Waals surface area contributed by atoms with E-state index < -0.39 is 0 Å². The molecule has 3 rings (SSSR count). The average Bonchev–Trinajstić information content (AvgIpc) is 2.53. The van der Waals surface area contributed by atoms with Gasteiger partial charge in [0, 0.05) is 5.41 Å². The summed E-state index contributed by atoms with van der Waals surface area (Å²) in [4.78, 5) is 12.5. The number of carbonyl (C=O) groups is 1. The molecule has 5 atom stereocenters. The van der Waals surface area contributed by atoms with Crippen LogP contribution in [0.25, 0.3) is 0 Å². The SMILES string of the molecule is C=C[C@]1(C)C=C2C=CC3[C@](C)(CCC[C@@]3(C)C(=O)OC)C2CC1. The van der Waals surface area contributed by atoms with Crippen LogP contribution in [0.15, 0.2) is 36.5 Å². The van der Waals surface area contributed by atoms with Crippen molar-refractivity contribution >= 4 is 5.97 Å². The monoisotopic (exact) mass is 314 g/mol. The first-order valence-corrected chi connectivity index (χ1v) is 8.92. The first kappa shape index (κ1) is 16.5. The maximum absolute atomic E-state index is 12.5. The Morgan fingerprint density at radius 2 is 2.04 bits per heavy atom. The molecule has 0 saturated heterocycles. The van der Waals surface area contributed by atoms with Crippen LogP contribution in [0.3, 0.4) is 0 Å². The van der Waals surface area contributed by atoms with Crippen molar-refractivity contribution in [3.63, 3.8) is 0 Å². The average molecular weight is 314 g/mol. The molecular weight excluding hydrogens is 284 g/mol. The van der Waals surface area contributed by atoms with Gasteiger partial charge in [-0.2, -0.15) is 0 Å². The number of allylic oxidation sites excluding steroid dienone is 5. The number of esters is 1. The van der Waals surface area contributed by atoms with Crippen LogP contribution in [0, 0.1) is 28.1 Å². The van der Waals surface area contributed by atoms with Crippen molar-refractivity contribution in [1.82, 2.24) is 0 Å². The Bertz CT molecular complexity index is 587. The zero-order chi connectivity index (χ0) is 16.9. The molecule has 0 bridgehead atoms. The lowest BCUT2D eigenvalue weighted by Crippen LogP contribution is -2.52. The van der Waals surface area contributed by atoms with Gasteiger partial charge in [0.1, 0.15) is 0 Å². The summed E-state index contributed by atoms with van der Waals surface area (Å²) in [5.74, 6) is 0.776. The van der Waals surface area contributed by atoms with Crippen molar-refractivity contribution in [2.45, 2.75) is 52.9 Å². The Hall–Kier alpha value is -1.31. The molecule has 1 fully saturated rings. The third-order valence-electron chi connectivity index (χ3n) is 7.07. The molecule has 3 aliphatic rings. The number of hydrogen-bond donors (Lipinski definition) is 0. The summed E-state index contributed by atoms with van der Waals surface area (Å²) in [6.07, 6.45) is 14.6. The molecule has 3 aliphatic carbocycles. The van der Waals surface area contributed by atoms with Gasteiger partial charge in [-0.3, -0.25) is 4.79 Å². The summed E-state index contributed by atoms with van der Waals surface area (Å²) in [5, 5.41) is 0. The second-order valence-corrected chi connectivity index (χ2v) is 8.55. The predicted molar refractivity (Wildman–Crippen MR) is 93.8 cm³/mol. The molecule has 0 aromatic heterocycles. The van der Waals surface area contributed by atoms with Gasteiger partial charge in [-0.25, -0.2) is 0 Å². The predicted octanol–water partition coefficient (Wildman–Crippen LogP) is 5.07. The second-order valence-electron chi connectivity index (χ2n) is 8.55. The molecule has 2 unspecified atom stereocenters. The third kappa shape index (κ3) is 2.33. The van der Waals surface area contributed by atoms with E-state index in [1.165, 1.54) is 25.5 Å². The Balaban J connectivity index is 2.05. The van der Waals surface area contributed by atoms with Crippen LogP contribution in [0.2, 0.25) is 0 Å². The highest BCUT2D eigenvalue weighted by molar-refractivity contribution is 5.77. The first-order chi connectivity index (χ1) is 10.8. The summed E-state index contributed by atoms with van der Waals surface area (Å²) >= 11 is 0. The van der Waals surface area contributed by atoms with Crippen LogP contribution in [0.5, 0.6) is 0 Å². The molecule has 0 aromatic carbocycles. The Morgan fingerprint density at radius 3 is 2.70 bits per heavy atom. The quantitative estimate of drug-likeness (QED) is 0.525. The number of ether oxygens (including phenoxy) is 1. The van der Waals surface area contributed by atoms with Crippen LogP contribution in [0.4, 0.5) is 0 Å². The minimum Gasteiger partial charge on any atom is -0.469 e. The topological polar surface area (TPSA) is 26.3 Å². The van der Waals surface area contributed by atoms with E-state index in [9.17, 15) is 4.79 Å². The van der Waals surface area contributed by atoms with Crippen molar-refractivity contribution in [2.75, 3.05) is 7.11 Å². The molecular formula is C21H30O2. The number of hydrogen-bond acceptors (Lipinski definition) is 2. The van der Waals surface area contributed by atoms with E-state index >= 15 is 0 Å². The fraction of sp³-hybridized carbons (Fsp3) is 0.667. The number of fused-ring (bicyclic) bond motifs is 3. The van der Waals surface area contributed by atoms with Crippen molar-refractivity contribution in [1.29, 1.82) is 0 Å². The van der Waals surface area contributed by atoms with Gasteiger partial charge in [0.2, 0.25) is 0 Å². The molecule has 1 saturated carbocycles. The molecule has 0 spiro atoms. The van der Waals surface area contributed by atoms with E-state index in [1.54, 1.807) is 0 Å². The zero-order valence-corrected chi connectivity index (χ0v) is 15.0. The largest absolute Gasteiger partial charge is 0.469 e. The molecule has 2 nitrogen and oxygen atoms in total. The molecule has 0 aromatic rings. The van der Waals surface area contributed by atoms with Gasteiger partial charge in [0.15, 0.2) is 0 Å². The maximum atomic E-state index is 12.5. The van der Waals surface area contributed by atoms with E-state index in [4.69, 9.17) is 4.74 Å². The Labute approximate surface area is 140 Å². The third-order valence-corrected chi connectivity index (χ3v) is 7.07. The van der Waals surface area contributed by atoms with Crippen LogP contribution < -0.4 is 0 Å². The number of methoxy groups -OCH3 is 1. The summed E-state index contributed by atoms with van der Waals surface area (Å²) in [6, 6.07) is 0. The fourth-order valence-electron chi connectivity index (χ4n) is 5.58. The van der Waals surface area contributed by atoms with Crippen molar-refractivity contribution < 1.29 is 9.53 Å². The maximum Gasteiger partial charge on any atom is 0.312 e. The lowest BCUT2D eigenvalue weighted by molar-refractivity contribution is -0.162. The van der Waals surface area contributed by atoms with Gasteiger partial charge in [-0.05, 0) is 55.4 Å². The normalized spacial score (nSPS) is 45.5. The molecule has 0 N–H and O–H groups in total. The highest BCUT2D eigenvalue weighted by Gasteiger charge is 2.57. The lowest BCUT2D eigenvalue weighted by atomic mass is 9.47. The molecule has 2 heteroatoms. The van der Waals surface area contributed by atoms with Crippen LogP contribution in [-0.4, -0.2) is 13.1 Å². The highest BCUT2D eigenvalue weighted by atomic mass is 16.5. The van der Waals surface area contributed by atoms with Crippen LogP contribution in [-0.2, 0) is 9.53 Å². The lowest BCUT2D eigenvalue weighted by Gasteiger charge is -2.56. The summed E-state index contributed by atoms with van der Waals surface area (Å²) in [6.45, 7) is 10.8. The Morgan fingerprint density at radius 1 is 1.30 bits per heavy atom. The molecule has 23 heavy (non-hydrogen) atoms. The van der Waals surface area contributed by atoms with Gasteiger partial charge < -0.3 is 4.74 Å². The molecule has 0 heterocycles. The van der Waals surface area contributed by atoms with E-state index in [0.29, 0.717) is 5.92 Å². The van der Waals surface area contributed by atoms with E-state index in [1.807, 2.05) is 0 Å². The van der Waals surface area contributed by atoms with Gasteiger partial charge in [0.05, 0.1) is 12.5 Å². The van der Waals surface area contributed by atoms with E-state index in [2.05, 4.69) is 51.7 Å². The smallest absolute Gasteiger partial charge is 0.312 e. The summed E-state index contributed by atoms with van der Waals surface area (Å²) in [7, 11) is 1.52. The van der Waals surface area contributed by atoms with Crippen molar-refractivity contribution in [2.24, 2.45) is 28.1 Å². The standard InChI is InChI=1S/C21H30O2/c1-6-19(2)13-10-16-15(14-19)8-9-17-20(16,3)11-7-12-21(17,4)18(22)23-5/h6,8-9,14,16-17H,1,7,10-13H2,2-5H3/t16?,17?,19-,20+,21+/m0/s1. The summed E-state index contributed by atoms with van der Waals surface area (Å²) in [5.41, 5.74) is 1.33. The fourth-order valence-corrected chi connectivity index (χ4v) is 5.58. The second kappa shape index (κ2) is 5.36. The van der Waals surface area contributed by atoms with E-state index in [0.717, 1.165) is 19.3 Å². The van der Waals surface area contributed by atoms with Crippen molar-refractivity contribution in [3.8, 4) is 0 Å². The van der Waals surface area contributed by atoms with E-state index in [-0.39, 0.29) is 28.1 Å². The summed E-state index contributed by atoms with van der Waals surface area (Å²) < 4.78 is 5.17. The zero-order valence-electron chi connectivity index (χ0n) is 15.0. The Kier molecular flexibility index (Phi) is 3.85. The number of rotatable bonds is 2. The van der Waals surface area contributed by atoms with Gasteiger partial charge in [-0.15, -0.1) is 6.58 Å². The van der Waals surface area contributed by atoms with Crippen LogP contribution in [0.1, 0.15) is 52.9 Å². The van der Waals surface area contributed by atoms with Crippen molar-refractivity contribution in [3.05, 3.63) is 36.5 Å². The molecule has 0 amide bonds. The van der Waals surface area contributed by atoms with Gasteiger partial charge in [-0.1, -0.05) is 44.6 Å². The highest BCUT2D eigenvalue weighted by Crippen LogP contribution is 2.62. The van der Waals surface area contributed by atoms with Crippen LogP contribution >= 0.6 is 0 Å². The first-order valence-electron chi connectivity index (χ1n) is 8.92. The minimum atomic E-state index is -0.386. The minimum absolute atomic E-state index is 0.0442. The molecule has 0 radical (unpaired) electrons. The molecule has 126 valence electrons. The number of carbonyl (C=O) groups excluding carboxylic acids is 1. The van der Waals surface area contributed by atoms with Gasteiger partial charge >= 0.3 is 5.97 Å². The van der Waals surface area contributed by atoms with Gasteiger partial charge in [0.25, 0.3) is 0 Å².